The van der Waals surface area contributed by atoms with Gasteiger partial charge in [-0.05, 0) is 37.8 Å². The van der Waals surface area contributed by atoms with Crippen LogP contribution < -0.4 is 0 Å². The summed E-state index contributed by atoms with van der Waals surface area (Å²) in [7, 11) is -3.07. The molecule has 1 atom stereocenters. The van der Waals surface area contributed by atoms with Crippen LogP contribution in [0.25, 0.3) is 6.08 Å². The predicted octanol–water partition coefficient (Wildman–Crippen LogP) is 1.73. The van der Waals surface area contributed by atoms with Gasteiger partial charge < -0.3 is 9.64 Å². The topological polar surface area (TPSA) is 80.8 Å². The Morgan fingerprint density at radius 1 is 1.23 bits per heavy atom. The molecule has 140 valence electrons. The van der Waals surface area contributed by atoms with Gasteiger partial charge in [-0.1, -0.05) is 29.8 Å². The number of amides is 1. The number of rotatable bonds is 6. The highest BCUT2D eigenvalue weighted by atomic mass is 32.2. The Hall–Kier alpha value is -2.15. The molecule has 1 aromatic carbocycles. The lowest BCUT2D eigenvalue weighted by atomic mass is 10.1. The van der Waals surface area contributed by atoms with Gasteiger partial charge in [0.1, 0.15) is 0 Å². The third kappa shape index (κ3) is 4.94. The summed E-state index contributed by atoms with van der Waals surface area (Å²) in [6, 6.07) is 7.46. The molecule has 1 aliphatic heterocycles. The van der Waals surface area contributed by atoms with E-state index in [4.69, 9.17) is 4.74 Å². The second-order valence-electron chi connectivity index (χ2n) is 6.94. The molecule has 0 radical (unpaired) electrons. The molecule has 3 rings (SSSR count). The fourth-order valence-electron chi connectivity index (χ4n) is 3.25. The summed E-state index contributed by atoms with van der Waals surface area (Å²) in [5.41, 5.74) is 1.96. The van der Waals surface area contributed by atoms with Gasteiger partial charge in [-0.2, -0.15) is 0 Å². The maximum atomic E-state index is 12.5. The van der Waals surface area contributed by atoms with Crippen molar-refractivity contribution >= 4 is 27.8 Å². The van der Waals surface area contributed by atoms with E-state index in [-0.39, 0.29) is 36.1 Å². The quantitative estimate of drug-likeness (QED) is 0.557. The number of carbonyl (C=O) groups excluding carboxylic acids is 2. The number of carbonyl (C=O) groups is 2. The molecular formula is C19H23NO5S. The first-order chi connectivity index (χ1) is 12.3. The van der Waals surface area contributed by atoms with Gasteiger partial charge in [-0.3, -0.25) is 4.79 Å². The third-order valence-electron chi connectivity index (χ3n) is 4.62. The standard InChI is InChI=1S/C19H23NO5S/c1-14-3-2-4-15(11-14)5-8-19(22)25-12-18(21)20(16-6-7-16)17-9-10-26(23,24)13-17/h2-5,8,11,16-17H,6-7,9-10,12-13H2,1H3/b8-5+/t17-/m1/s1. The Morgan fingerprint density at radius 3 is 2.62 bits per heavy atom. The monoisotopic (exact) mass is 377 g/mol. The van der Waals surface area contributed by atoms with Gasteiger partial charge in [0.15, 0.2) is 16.4 Å². The SMILES string of the molecule is Cc1cccc(/C=C/C(=O)OCC(=O)N(C2CC2)[C@@H]2CCS(=O)(=O)C2)c1. The van der Waals surface area contributed by atoms with Crippen LogP contribution in [0.1, 0.15) is 30.4 Å². The fourth-order valence-corrected chi connectivity index (χ4v) is 4.96. The van der Waals surface area contributed by atoms with Crippen LogP contribution in [0.5, 0.6) is 0 Å². The summed E-state index contributed by atoms with van der Waals surface area (Å²) in [6.45, 7) is 1.61. The lowest BCUT2D eigenvalue weighted by Crippen LogP contribution is -2.44. The normalized spacial score (nSPS) is 21.7. The van der Waals surface area contributed by atoms with Crippen molar-refractivity contribution in [2.45, 2.75) is 38.3 Å². The average molecular weight is 377 g/mol. The fraction of sp³-hybridized carbons (Fsp3) is 0.474. The Balaban J connectivity index is 1.54. The zero-order valence-electron chi connectivity index (χ0n) is 14.8. The highest BCUT2D eigenvalue weighted by Crippen LogP contribution is 2.32. The highest BCUT2D eigenvalue weighted by Gasteiger charge is 2.42. The molecule has 26 heavy (non-hydrogen) atoms. The van der Waals surface area contributed by atoms with Gasteiger partial charge in [0, 0.05) is 18.2 Å². The highest BCUT2D eigenvalue weighted by molar-refractivity contribution is 7.91. The molecule has 0 N–H and O–H groups in total. The molecule has 1 aromatic rings. The molecule has 6 nitrogen and oxygen atoms in total. The number of hydrogen-bond acceptors (Lipinski definition) is 5. The van der Waals surface area contributed by atoms with Crippen molar-refractivity contribution in [3.05, 3.63) is 41.5 Å². The first kappa shape index (κ1) is 18.6. The molecular weight excluding hydrogens is 354 g/mol. The molecule has 2 fully saturated rings. The zero-order valence-corrected chi connectivity index (χ0v) is 15.6. The average Bonchev–Trinajstić information content (AvgIpc) is 3.34. The second-order valence-corrected chi connectivity index (χ2v) is 9.17. The number of hydrogen-bond donors (Lipinski definition) is 0. The summed E-state index contributed by atoms with van der Waals surface area (Å²) in [6.07, 6.45) is 5.16. The largest absolute Gasteiger partial charge is 0.452 e. The van der Waals surface area contributed by atoms with E-state index in [0.717, 1.165) is 24.0 Å². The lowest BCUT2D eigenvalue weighted by Gasteiger charge is -2.28. The molecule has 7 heteroatoms. The summed E-state index contributed by atoms with van der Waals surface area (Å²) < 4.78 is 28.4. The minimum Gasteiger partial charge on any atom is -0.452 e. The van der Waals surface area contributed by atoms with E-state index in [9.17, 15) is 18.0 Å². The Kier molecular flexibility index (Phi) is 5.46. The van der Waals surface area contributed by atoms with Crippen LogP contribution in [0, 0.1) is 6.92 Å². The predicted molar refractivity (Wildman–Crippen MR) is 98.1 cm³/mol. The van der Waals surface area contributed by atoms with Crippen molar-refractivity contribution in [3.63, 3.8) is 0 Å². The summed E-state index contributed by atoms with van der Waals surface area (Å²) in [5, 5.41) is 0. The molecule has 0 spiro atoms. The molecule has 1 heterocycles. The van der Waals surface area contributed by atoms with Gasteiger partial charge in [0.05, 0.1) is 11.5 Å². The van der Waals surface area contributed by atoms with Gasteiger partial charge in [-0.15, -0.1) is 0 Å². The molecule has 2 aliphatic rings. The minimum atomic E-state index is -3.07. The van der Waals surface area contributed by atoms with Crippen LogP contribution in [0.2, 0.25) is 0 Å². The van der Waals surface area contributed by atoms with Crippen LogP contribution in [0.3, 0.4) is 0 Å². The molecule has 1 amide bonds. The van der Waals surface area contributed by atoms with Crippen LogP contribution in [0.15, 0.2) is 30.3 Å². The van der Waals surface area contributed by atoms with Gasteiger partial charge in [0.2, 0.25) is 0 Å². The number of aryl methyl sites for hydroxylation is 1. The van der Waals surface area contributed by atoms with Crippen molar-refractivity contribution < 1.29 is 22.7 Å². The van der Waals surface area contributed by atoms with Crippen molar-refractivity contribution in [3.8, 4) is 0 Å². The first-order valence-corrected chi connectivity index (χ1v) is 10.6. The van der Waals surface area contributed by atoms with Crippen molar-refractivity contribution in [2.75, 3.05) is 18.1 Å². The van der Waals surface area contributed by atoms with Gasteiger partial charge >= 0.3 is 5.97 Å². The number of ether oxygens (including phenoxy) is 1. The van der Waals surface area contributed by atoms with Crippen molar-refractivity contribution in [2.24, 2.45) is 0 Å². The Bertz CT molecular complexity index is 826. The summed E-state index contributed by atoms with van der Waals surface area (Å²) >= 11 is 0. The van der Waals surface area contributed by atoms with E-state index in [2.05, 4.69) is 0 Å². The third-order valence-corrected chi connectivity index (χ3v) is 6.37. The number of sulfone groups is 1. The second kappa shape index (κ2) is 7.61. The molecule has 0 unspecified atom stereocenters. The van der Waals surface area contributed by atoms with Crippen LogP contribution >= 0.6 is 0 Å². The molecule has 0 bridgehead atoms. The first-order valence-electron chi connectivity index (χ1n) is 8.77. The van der Waals surface area contributed by atoms with E-state index >= 15 is 0 Å². The van der Waals surface area contributed by atoms with Gasteiger partial charge in [0.25, 0.3) is 5.91 Å². The Morgan fingerprint density at radius 2 is 2.00 bits per heavy atom. The summed E-state index contributed by atoms with van der Waals surface area (Å²) in [5.74, 6) is -0.773. The summed E-state index contributed by atoms with van der Waals surface area (Å²) in [4.78, 5) is 26.0. The molecule has 1 aliphatic carbocycles. The van der Waals surface area contributed by atoms with Crippen LogP contribution in [0.4, 0.5) is 0 Å². The Labute approximate surface area is 153 Å². The maximum Gasteiger partial charge on any atom is 0.331 e. The lowest BCUT2D eigenvalue weighted by molar-refractivity contribution is -0.149. The van der Waals surface area contributed by atoms with E-state index in [1.165, 1.54) is 6.08 Å². The smallest absolute Gasteiger partial charge is 0.331 e. The van der Waals surface area contributed by atoms with Gasteiger partial charge in [-0.25, -0.2) is 13.2 Å². The van der Waals surface area contributed by atoms with Crippen LogP contribution in [-0.4, -0.2) is 55.4 Å². The van der Waals surface area contributed by atoms with E-state index < -0.39 is 15.8 Å². The zero-order chi connectivity index (χ0) is 18.7. The molecule has 0 aromatic heterocycles. The van der Waals surface area contributed by atoms with E-state index in [0.29, 0.717) is 6.42 Å². The van der Waals surface area contributed by atoms with E-state index in [1.807, 2.05) is 31.2 Å². The van der Waals surface area contributed by atoms with E-state index in [1.54, 1.807) is 11.0 Å². The molecule has 1 saturated heterocycles. The number of esters is 1. The number of benzene rings is 1. The van der Waals surface area contributed by atoms with Crippen molar-refractivity contribution in [1.29, 1.82) is 0 Å². The van der Waals surface area contributed by atoms with Crippen LogP contribution in [-0.2, 0) is 24.2 Å². The minimum absolute atomic E-state index is 0.0104. The molecule has 1 saturated carbocycles. The maximum absolute atomic E-state index is 12.5. The number of nitrogens with zero attached hydrogens (tertiary/aromatic N) is 1. The van der Waals surface area contributed by atoms with Crippen molar-refractivity contribution in [1.82, 2.24) is 4.90 Å².